The Morgan fingerprint density at radius 1 is 1.00 bits per heavy atom. The number of halogens is 1. The Hall–Kier alpha value is -3.32. The summed E-state index contributed by atoms with van der Waals surface area (Å²) in [5.74, 6) is 0.632. The monoisotopic (exact) mass is 420 g/mol. The van der Waals surface area contributed by atoms with Crippen molar-refractivity contribution in [3.8, 4) is 0 Å². The maximum Gasteiger partial charge on any atom is 0.284 e. The first kappa shape index (κ1) is 17.1. The molecule has 0 radical (unpaired) electrons. The molecule has 0 aliphatic rings. The summed E-state index contributed by atoms with van der Waals surface area (Å²) in [7, 11) is 0. The van der Waals surface area contributed by atoms with Gasteiger partial charge in [-0.3, -0.25) is 15.5 Å². The van der Waals surface area contributed by atoms with E-state index in [0.717, 1.165) is 21.7 Å². The zero-order valence-electron chi connectivity index (χ0n) is 14.0. The van der Waals surface area contributed by atoms with E-state index in [1.807, 2.05) is 48.5 Å². The molecule has 0 aliphatic carbocycles. The maximum absolute atomic E-state index is 11.0. The van der Waals surface area contributed by atoms with Gasteiger partial charge >= 0.3 is 0 Å². The van der Waals surface area contributed by atoms with Crippen LogP contribution in [0.3, 0.4) is 0 Å². The van der Waals surface area contributed by atoms with E-state index in [2.05, 4.69) is 31.4 Å². The zero-order chi connectivity index (χ0) is 18.8. The minimum absolute atomic E-state index is 0.00627. The fourth-order valence-corrected chi connectivity index (χ4v) is 3.30. The quantitative estimate of drug-likeness (QED) is 0.204. The highest BCUT2D eigenvalue weighted by atomic mass is 79.9. The fourth-order valence-electron chi connectivity index (χ4n) is 2.91. The molecule has 0 atom stereocenters. The van der Waals surface area contributed by atoms with Crippen molar-refractivity contribution in [2.45, 2.75) is 0 Å². The Kier molecular flexibility index (Phi) is 4.52. The summed E-state index contributed by atoms with van der Waals surface area (Å²) in [4.78, 5) is 15.3. The fraction of sp³-hybridized carbons (Fsp3) is 0. The first-order chi connectivity index (χ1) is 13.1. The SMILES string of the molecule is O=[N+]([O-])c1cc(C=NNc2nc3ccccc3c3ccccc23)ccc1Br. The lowest BCUT2D eigenvalue weighted by atomic mass is 10.1. The Labute approximate surface area is 162 Å². The van der Waals surface area contributed by atoms with Gasteiger partial charge in [0.2, 0.25) is 0 Å². The molecule has 1 N–H and O–H groups in total. The minimum Gasteiger partial charge on any atom is -0.261 e. The second-order valence-corrected chi connectivity index (χ2v) is 6.72. The summed E-state index contributed by atoms with van der Waals surface area (Å²) < 4.78 is 0.430. The molecule has 0 bridgehead atoms. The number of hydrogen-bond donors (Lipinski definition) is 1. The van der Waals surface area contributed by atoms with E-state index in [-0.39, 0.29) is 5.69 Å². The number of pyridine rings is 1. The second kappa shape index (κ2) is 7.13. The van der Waals surface area contributed by atoms with E-state index >= 15 is 0 Å². The number of para-hydroxylation sites is 1. The van der Waals surface area contributed by atoms with E-state index < -0.39 is 4.92 Å². The molecule has 1 heterocycles. The van der Waals surface area contributed by atoms with Crippen molar-refractivity contribution in [1.29, 1.82) is 0 Å². The molecule has 7 heteroatoms. The summed E-state index contributed by atoms with van der Waals surface area (Å²) in [6.07, 6.45) is 1.53. The van der Waals surface area contributed by atoms with Gasteiger partial charge in [0.25, 0.3) is 5.69 Å². The van der Waals surface area contributed by atoms with E-state index in [1.54, 1.807) is 12.1 Å². The number of nitro benzene ring substituents is 1. The second-order valence-electron chi connectivity index (χ2n) is 5.86. The van der Waals surface area contributed by atoms with Gasteiger partial charge in [0.05, 0.1) is 21.1 Å². The number of nitrogens with one attached hydrogen (secondary N) is 1. The van der Waals surface area contributed by atoms with E-state index in [4.69, 9.17) is 0 Å². The predicted octanol–water partition coefficient (Wildman–Crippen LogP) is 5.50. The summed E-state index contributed by atoms with van der Waals surface area (Å²) >= 11 is 3.17. The summed E-state index contributed by atoms with van der Waals surface area (Å²) in [5, 5.41) is 18.4. The maximum atomic E-state index is 11.0. The highest BCUT2D eigenvalue weighted by Gasteiger charge is 2.11. The van der Waals surface area contributed by atoms with Crippen molar-refractivity contribution in [1.82, 2.24) is 4.98 Å². The number of benzene rings is 3. The van der Waals surface area contributed by atoms with Crippen molar-refractivity contribution < 1.29 is 4.92 Å². The summed E-state index contributed by atoms with van der Waals surface area (Å²) in [5.41, 5.74) is 4.44. The van der Waals surface area contributed by atoms with Crippen LogP contribution in [0, 0.1) is 10.1 Å². The minimum atomic E-state index is -0.437. The number of nitro groups is 1. The van der Waals surface area contributed by atoms with E-state index in [0.29, 0.717) is 15.9 Å². The number of fused-ring (bicyclic) bond motifs is 3. The Morgan fingerprint density at radius 3 is 2.48 bits per heavy atom. The lowest BCUT2D eigenvalue weighted by molar-refractivity contribution is -0.385. The zero-order valence-corrected chi connectivity index (χ0v) is 15.6. The van der Waals surface area contributed by atoms with E-state index in [9.17, 15) is 10.1 Å². The average Bonchev–Trinajstić information content (AvgIpc) is 2.69. The molecule has 4 aromatic rings. The molecule has 0 amide bonds. The standard InChI is InChI=1S/C20H13BrN4O2/c21-17-10-9-13(11-19(17)25(26)27)12-22-24-20-16-7-2-1-5-14(16)15-6-3-4-8-18(15)23-20/h1-12H,(H,23,24). The van der Waals surface area contributed by atoms with Crippen LogP contribution in [0.25, 0.3) is 21.7 Å². The van der Waals surface area contributed by atoms with Gasteiger partial charge in [0, 0.05) is 22.4 Å². The molecule has 132 valence electrons. The van der Waals surface area contributed by atoms with Gasteiger partial charge < -0.3 is 0 Å². The van der Waals surface area contributed by atoms with Crippen LogP contribution >= 0.6 is 15.9 Å². The Morgan fingerprint density at radius 2 is 1.70 bits per heavy atom. The van der Waals surface area contributed by atoms with Crippen molar-refractivity contribution in [2.24, 2.45) is 5.10 Å². The topological polar surface area (TPSA) is 80.4 Å². The molecule has 0 spiro atoms. The van der Waals surface area contributed by atoms with Gasteiger partial charge in [-0.2, -0.15) is 5.10 Å². The molecule has 0 fully saturated rings. The summed E-state index contributed by atoms with van der Waals surface area (Å²) in [6, 6.07) is 20.7. The van der Waals surface area contributed by atoms with Gasteiger partial charge in [-0.25, -0.2) is 4.98 Å². The van der Waals surface area contributed by atoms with Crippen LogP contribution in [0.5, 0.6) is 0 Å². The largest absolute Gasteiger partial charge is 0.284 e. The van der Waals surface area contributed by atoms with Crippen LogP contribution in [0.1, 0.15) is 5.56 Å². The van der Waals surface area contributed by atoms with Crippen LogP contribution in [-0.4, -0.2) is 16.1 Å². The number of hydrogen-bond acceptors (Lipinski definition) is 5. The predicted molar refractivity (Wildman–Crippen MR) is 111 cm³/mol. The molecule has 6 nitrogen and oxygen atoms in total. The van der Waals surface area contributed by atoms with Crippen LogP contribution in [0.15, 0.2) is 76.3 Å². The number of aromatic nitrogens is 1. The van der Waals surface area contributed by atoms with Crippen molar-refractivity contribution in [2.75, 3.05) is 5.43 Å². The van der Waals surface area contributed by atoms with Crippen molar-refractivity contribution in [3.63, 3.8) is 0 Å². The smallest absolute Gasteiger partial charge is 0.261 e. The lowest BCUT2D eigenvalue weighted by Crippen LogP contribution is -1.97. The van der Waals surface area contributed by atoms with Crippen LogP contribution in [-0.2, 0) is 0 Å². The molecule has 0 saturated heterocycles. The number of nitrogens with zero attached hydrogens (tertiary/aromatic N) is 3. The van der Waals surface area contributed by atoms with Gasteiger partial charge in [0.1, 0.15) is 0 Å². The molecule has 3 aromatic carbocycles. The average molecular weight is 421 g/mol. The third-order valence-electron chi connectivity index (χ3n) is 4.16. The third kappa shape index (κ3) is 3.37. The molecule has 1 aromatic heterocycles. The number of rotatable bonds is 4. The van der Waals surface area contributed by atoms with Crippen molar-refractivity contribution >= 4 is 55.3 Å². The highest BCUT2D eigenvalue weighted by Crippen LogP contribution is 2.29. The first-order valence-corrected chi connectivity index (χ1v) is 8.93. The first-order valence-electron chi connectivity index (χ1n) is 8.14. The molecule has 27 heavy (non-hydrogen) atoms. The van der Waals surface area contributed by atoms with Crippen LogP contribution < -0.4 is 5.43 Å². The normalized spacial score (nSPS) is 11.3. The number of anilines is 1. The Balaban J connectivity index is 1.70. The molecule has 0 saturated carbocycles. The molecule has 0 aliphatic heterocycles. The van der Waals surface area contributed by atoms with Crippen LogP contribution in [0.4, 0.5) is 11.5 Å². The highest BCUT2D eigenvalue weighted by molar-refractivity contribution is 9.10. The lowest BCUT2D eigenvalue weighted by Gasteiger charge is -2.08. The molecule has 4 rings (SSSR count). The van der Waals surface area contributed by atoms with Crippen LogP contribution in [0.2, 0.25) is 0 Å². The molecular formula is C20H13BrN4O2. The number of hydrazone groups is 1. The van der Waals surface area contributed by atoms with E-state index in [1.165, 1.54) is 12.3 Å². The van der Waals surface area contributed by atoms with Gasteiger partial charge in [0.15, 0.2) is 5.82 Å². The molecule has 0 unspecified atom stereocenters. The summed E-state index contributed by atoms with van der Waals surface area (Å²) in [6.45, 7) is 0. The van der Waals surface area contributed by atoms with Gasteiger partial charge in [-0.1, -0.05) is 48.5 Å². The van der Waals surface area contributed by atoms with Gasteiger partial charge in [-0.05, 0) is 33.4 Å². The van der Waals surface area contributed by atoms with Gasteiger partial charge in [-0.15, -0.1) is 0 Å². The molecular weight excluding hydrogens is 408 g/mol. The third-order valence-corrected chi connectivity index (χ3v) is 4.83. The Bertz CT molecular complexity index is 1210. The van der Waals surface area contributed by atoms with Crippen molar-refractivity contribution in [3.05, 3.63) is 86.9 Å².